The van der Waals surface area contributed by atoms with Crippen LogP contribution < -0.4 is 4.74 Å². The molecule has 0 saturated heterocycles. The summed E-state index contributed by atoms with van der Waals surface area (Å²) in [6, 6.07) is 3.09. The number of hydrogen-bond acceptors (Lipinski definition) is 3. The van der Waals surface area contributed by atoms with Crippen molar-refractivity contribution >= 4 is 27.7 Å². The molecule has 2 nitrogen and oxygen atoms in total. The van der Waals surface area contributed by atoms with Gasteiger partial charge in [0.25, 0.3) is 0 Å². The fourth-order valence-corrected chi connectivity index (χ4v) is 1.87. The Hall–Kier alpha value is -0.360. The number of aromatic nitrogens is 1. The van der Waals surface area contributed by atoms with Crippen LogP contribution in [-0.4, -0.2) is 16.3 Å². The molecule has 1 aromatic heterocycles. The van der Waals surface area contributed by atoms with Crippen molar-refractivity contribution in [3.63, 3.8) is 0 Å². The molecular formula is C7H6BrF2NOS. The van der Waals surface area contributed by atoms with E-state index in [-0.39, 0.29) is 5.88 Å². The van der Waals surface area contributed by atoms with Crippen molar-refractivity contribution in [3.8, 4) is 5.88 Å². The van der Waals surface area contributed by atoms with Crippen LogP contribution in [0.25, 0.3) is 0 Å². The van der Waals surface area contributed by atoms with Gasteiger partial charge in [-0.05, 0) is 23.9 Å². The summed E-state index contributed by atoms with van der Waals surface area (Å²) in [5.41, 5.74) is 0. The molecule has 1 rings (SSSR count). The molecule has 1 aromatic rings. The second-order valence-electron chi connectivity index (χ2n) is 2.06. The summed E-state index contributed by atoms with van der Waals surface area (Å²) in [4.78, 5) is 4.08. The minimum Gasteiger partial charge on any atom is -0.480 e. The fourth-order valence-electron chi connectivity index (χ4n) is 0.732. The highest BCUT2D eigenvalue weighted by Gasteiger charge is 2.27. The molecule has 0 aliphatic heterocycles. The first-order valence-electron chi connectivity index (χ1n) is 3.27. The summed E-state index contributed by atoms with van der Waals surface area (Å²) in [5.74, 6) is 0.201. The zero-order valence-electron chi connectivity index (χ0n) is 6.63. The van der Waals surface area contributed by atoms with Gasteiger partial charge in [-0.2, -0.15) is 8.78 Å². The molecule has 6 heteroatoms. The lowest BCUT2D eigenvalue weighted by molar-refractivity contribution is 0.220. The molecule has 13 heavy (non-hydrogen) atoms. The molecule has 0 radical (unpaired) electrons. The summed E-state index contributed by atoms with van der Waals surface area (Å²) in [6.07, 6.45) is 1.48. The lowest BCUT2D eigenvalue weighted by Crippen LogP contribution is -1.98. The van der Waals surface area contributed by atoms with E-state index in [1.54, 1.807) is 6.07 Å². The fraction of sp³-hybridized carbons (Fsp3) is 0.286. The highest BCUT2D eigenvalue weighted by atomic mass is 79.9. The van der Waals surface area contributed by atoms with Crippen LogP contribution in [0.5, 0.6) is 5.88 Å². The van der Waals surface area contributed by atoms with Gasteiger partial charge in [0, 0.05) is 22.1 Å². The number of nitrogens with zero attached hydrogens (tertiary/aromatic N) is 1. The van der Waals surface area contributed by atoms with Crippen molar-refractivity contribution in [2.45, 2.75) is 9.06 Å². The molecule has 0 unspecified atom stereocenters. The van der Waals surface area contributed by atoms with Gasteiger partial charge in [-0.15, -0.1) is 0 Å². The Morgan fingerprint density at radius 2 is 2.31 bits per heavy atom. The van der Waals surface area contributed by atoms with Crippen molar-refractivity contribution in [2.75, 3.05) is 7.11 Å². The maximum absolute atomic E-state index is 12.5. The summed E-state index contributed by atoms with van der Waals surface area (Å²) in [5, 5.41) is 0. The number of alkyl halides is 3. The molecule has 72 valence electrons. The highest BCUT2D eigenvalue weighted by molar-refractivity contribution is 9.11. The van der Waals surface area contributed by atoms with E-state index in [4.69, 9.17) is 4.74 Å². The van der Waals surface area contributed by atoms with Crippen LogP contribution in [0.15, 0.2) is 23.2 Å². The van der Waals surface area contributed by atoms with Crippen LogP contribution in [0.4, 0.5) is 8.78 Å². The number of hydrogen-bond donors (Lipinski definition) is 0. The number of pyridine rings is 1. The quantitative estimate of drug-likeness (QED) is 0.622. The minimum atomic E-state index is -3.00. The molecular weight excluding hydrogens is 264 g/mol. The maximum atomic E-state index is 12.5. The lowest BCUT2D eigenvalue weighted by Gasteiger charge is -2.09. The van der Waals surface area contributed by atoms with Crippen LogP contribution >= 0.6 is 27.7 Å². The van der Waals surface area contributed by atoms with E-state index < -0.39 is 4.16 Å². The Morgan fingerprint density at radius 1 is 1.62 bits per heavy atom. The maximum Gasteiger partial charge on any atom is 0.353 e. The van der Waals surface area contributed by atoms with Crippen molar-refractivity contribution in [2.24, 2.45) is 0 Å². The largest absolute Gasteiger partial charge is 0.480 e. The monoisotopic (exact) mass is 269 g/mol. The highest BCUT2D eigenvalue weighted by Crippen LogP contribution is 2.43. The Kier molecular flexibility index (Phi) is 3.49. The van der Waals surface area contributed by atoms with Crippen molar-refractivity contribution in [1.29, 1.82) is 0 Å². The van der Waals surface area contributed by atoms with Gasteiger partial charge in [0.15, 0.2) is 0 Å². The average molecular weight is 270 g/mol. The summed E-state index contributed by atoms with van der Waals surface area (Å²) in [7, 11) is 1.39. The SMILES string of the molecule is COc1ncccc1SC(F)(F)Br. The molecule has 0 amide bonds. The topological polar surface area (TPSA) is 22.1 Å². The smallest absolute Gasteiger partial charge is 0.353 e. The van der Waals surface area contributed by atoms with Crippen molar-refractivity contribution in [3.05, 3.63) is 18.3 Å². The number of rotatable bonds is 3. The van der Waals surface area contributed by atoms with E-state index in [0.717, 1.165) is 0 Å². The molecule has 1 heterocycles. The van der Waals surface area contributed by atoms with Gasteiger partial charge in [-0.3, -0.25) is 0 Å². The molecule has 0 fully saturated rings. The van der Waals surface area contributed by atoms with Crippen LogP contribution in [0.3, 0.4) is 0 Å². The van der Waals surface area contributed by atoms with Gasteiger partial charge in [0.05, 0.1) is 12.0 Å². The molecule has 0 saturated carbocycles. The molecule has 0 spiro atoms. The van der Waals surface area contributed by atoms with Gasteiger partial charge >= 0.3 is 4.16 Å². The average Bonchev–Trinajstić information content (AvgIpc) is 2.02. The van der Waals surface area contributed by atoms with Gasteiger partial charge < -0.3 is 4.74 Å². The zero-order valence-corrected chi connectivity index (χ0v) is 9.03. The molecule has 0 atom stereocenters. The van der Waals surface area contributed by atoms with Gasteiger partial charge in [-0.25, -0.2) is 4.98 Å². The first kappa shape index (κ1) is 10.7. The minimum absolute atomic E-state index is 0.201. The third kappa shape index (κ3) is 3.48. The van der Waals surface area contributed by atoms with Crippen LogP contribution in [0.1, 0.15) is 0 Å². The third-order valence-electron chi connectivity index (χ3n) is 1.16. The van der Waals surface area contributed by atoms with Crippen LogP contribution in [0.2, 0.25) is 0 Å². The normalized spacial score (nSPS) is 11.4. The van der Waals surface area contributed by atoms with Crippen LogP contribution in [-0.2, 0) is 0 Å². The number of ether oxygens (including phenoxy) is 1. The number of halogens is 3. The lowest BCUT2D eigenvalue weighted by atomic mass is 10.5. The standard InChI is InChI=1S/C7H6BrF2NOS/c1-12-6-5(3-2-4-11-6)13-7(8,9)10/h2-4H,1H3. The molecule has 0 aliphatic rings. The first-order chi connectivity index (χ1) is 6.03. The van der Waals surface area contributed by atoms with E-state index >= 15 is 0 Å². The van der Waals surface area contributed by atoms with Gasteiger partial charge in [0.2, 0.25) is 5.88 Å². The Morgan fingerprint density at radius 3 is 2.85 bits per heavy atom. The predicted octanol–water partition coefficient (Wildman–Crippen LogP) is 3.13. The summed E-state index contributed by atoms with van der Waals surface area (Å²) in [6.45, 7) is 0. The van der Waals surface area contributed by atoms with Crippen LogP contribution in [0, 0.1) is 0 Å². The molecule has 0 aliphatic carbocycles. The predicted molar refractivity (Wildman–Crippen MR) is 50.5 cm³/mol. The molecule has 0 N–H and O–H groups in total. The Bertz CT molecular complexity index is 292. The first-order valence-corrected chi connectivity index (χ1v) is 4.88. The number of thioether (sulfide) groups is 1. The zero-order chi connectivity index (χ0) is 9.90. The van der Waals surface area contributed by atoms with E-state index in [9.17, 15) is 8.78 Å². The Labute approximate surface area is 86.8 Å². The molecule has 0 aromatic carbocycles. The second-order valence-corrected chi connectivity index (χ2v) is 4.74. The Balaban J connectivity index is 2.87. The number of methoxy groups -OCH3 is 1. The van der Waals surface area contributed by atoms with Gasteiger partial charge in [0.1, 0.15) is 0 Å². The molecule has 0 bridgehead atoms. The van der Waals surface area contributed by atoms with E-state index in [1.165, 1.54) is 19.4 Å². The van der Waals surface area contributed by atoms with E-state index in [1.807, 2.05) is 0 Å². The van der Waals surface area contributed by atoms with E-state index in [2.05, 4.69) is 20.9 Å². The van der Waals surface area contributed by atoms with Crippen molar-refractivity contribution in [1.82, 2.24) is 4.98 Å². The summed E-state index contributed by atoms with van der Waals surface area (Å²) < 4.78 is 26.8. The van der Waals surface area contributed by atoms with Crippen molar-refractivity contribution < 1.29 is 13.5 Å². The van der Waals surface area contributed by atoms with E-state index in [0.29, 0.717) is 16.7 Å². The summed E-state index contributed by atoms with van der Waals surface area (Å²) >= 11 is 2.57. The van der Waals surface area contributed by atoms with Gasteiger partial charge in [-0.1, -0.05) is 0 Å². The second kappa shape index (κ2) is 4.23. The third-order valence-corrected chi connectivity index (χ3v) is 2.40.